The second-order valence-corrected chi connectivity index (χ2v) is 5.60. The number of nitrogens with one attached hydrogen (secondary N) is 2. The Bertz CT molecular complexity index is 712. The second kappa shape index (κ2) is 11.8. The first-order chi connectivity index (χ1) is 12.5. The number of hydrogen-bond acceptors (Lipinski definition) is 4. The molecule has 1 unspecified atom stereocenters. The van der Waals surface area contributed by atoms with Crippen LogP contribution >= 0.6 is 24.0 Å². The summed E-state index contributed by atoms with van der Waals surface area (Å²) in [6.07, 6.45) is 0.658. The third-order valence-corrected chi connectivity index (χ3v) is 3.52. The highest BCUT2D eigenvalue weighted by atomic mass is 127. The van der Waals surface area contributed by atoms with Crippen LogP contribution in [0.5, 0.6) is 5.75 Å². The van der Waals surface area contributed by atoms with Crippen molar-refractivity contribution in [3.63, 3.8) is 0 Å². The molecule has 0 saturated carbocycles. The fourth-order valence-electron chi connectivity index (χ4n) is 2.32. The van der Waals surface area contributed by atoms with Gasteiger partial charge in [0, 0.05) is 12.1 Å². The largest absolute Gasteiger partial charge is 0.467 e. The molecule has 2 aromatic rings. The molecular weight excluding hydrogens is 471 g/mol. The van der Waals surface area contributed by atoms with Crippen molar-refractivity contribution in [3.05, 3.63) is 53.5 Å². The van der Waals surface area contributed by atoms with Gasteiger partial charge in [-0.2, -0.15) is 8.78 Å². The van der Waals surface area contributed by atoms with E-state index in [9.17, 15) is 13.9 Å². The van der Waals surface area contributed by atoms with Gasteiger partial charge >= 0.3 is 6.61 Å². The molecule has 1 aromatic carbocycles. The fourth-order valence-corrected chi connectivity index (χ4v) is 2.32. The molecule has 1 heterocycles. The first-order valence-corrected chi connectivity index (χ1v) is 8.27. The van der Waals surface area contributed by atoms with Crippen LogP contribution in [0.4, 0.5) is 8.78 Å². The van der Waals surface area contributed by atoms with Crippen molar-refractivity contribution >= 4 is 29.9 Å². The number of halogens is 3. The Morgan fingerprint density at radius 2 is 2.07 bits per heavy atom. The van der Waals surface area contributed by atoms with E-state index in [1.807, 2.05) is 13.8 Å². The Morgan fingerprint density at radius 3 is 2.70 bits per heavy atom. The van der Waals surface area contributed by atoms with E-state index in [0.717, 1.165) is 5.56 Å². The molecule has 0 radical (unpaired) electrons. The number of benzene rings is 1. The summed E-state index contributed by atoms with van der Waals surface area (Å²) in [5.74, 6) is 0.989. The van der Waals surface area contributed by atoms with E-state index in [4.69, 9.17) is 4.42 Å². The molecular formula is C18H24F2IN3O3. The van der Waals surface area contributed by atoms with Gasteiger partial charge in [-0.15, -0.1) is 24.0 Å². The first-order valence-electron chi connectivity index (χ1n) is 8.27. The van der Waals surface area contributed by atoms with Gasteiger partial charge in [0.15, 0.2) is 5.96 Å². The van der Waals surface area contributed by atoms with Crippen LogP contribution < -0.4 is 15.4 Å². The number of aryl methyl sites for hydroxylation is 1. The number of rotatable bonds is 8. The predicted octanol–water partition coefficient (Wildman–Crippen LogP) is 3.60. The van der Waals surface area contributed by atoms with Crippen LogP contribution in [0.1, 0.15) is 29.9 Å². The average Bonchev–Trinajstić information content (AvgIpc) is 3.13. The summed E-state index contributed by atoms with van der Waals surface area (Å²) in [4.78, 5) is 4.37. The van der Waals surface area contributed by atoms with Gasteiger partial charge in [-0.25, -0.2) is 4.99 Å². The first kappa shape index (κ1) is 23.2. The Kier molecular flexibility index (Phi) is 10.1. The van der Waals surface area contributed by atoms with Gasteiger partial charge in [-0.05, 0) is 32.0 Å². The monoisotopic (exact) mass is 495 g/mol. The number of aliphatic imine (C=N–C) groups is 1. The molecule has 1 aromatic heterocycles. The highest BCUT2D eigenvalue weighted by molar-refractivity contribution is 14.0. The SMILES string of the molecule is CCNC(=NCc1cc(C)ccc1OC(F)F)NCC(O)c1ccco1.I. The summed E-state index contributed by atoms with van der Waals surface area (Å²) in [6, 6.07) is 8.33. The molecule has 9 heteroatoms. The highest BCUT2D eigenvalue weighted by Gasteiger charge is 2.12. The molecule has 2 rings (SSSR count). The van der Waals surface area contributed by atoms with E-state index >= 15 is 0 Å². The van der Waals surface area contributed by atoms with Crippen LogP contribution in [0, 0.1) is 6.92 Å². The number of nitrogens with zero attached hydrogens (tertiary/aromatic N) is 1. The lowest BCUT2D eigenvalue weighted by Gasteiger charge is -2.15. The van der Waals surface area contributed by atoms with Crippen molar-refractivity contribution < 1.29 is 23.0 Å². The summed E-state index contributed by atoms with van der Waals surface area (Å²) in [5.41, 5.74) is 1.47. The van der Waals surface area contributed by atoms with Gasteiger partial charge in [0.25, 0.3) is 0 Å². The minimum Gasteiger partial charge on any atom is -0.467 e. The van der Waals surface area contributed by atoms with Crippen LogP contribution in [0.15, 0.2) is 46.0 Å². The number of hydrogen-bond donors (Lipinski definition) is 3. The molecule has 27 heavy (non-hydrogen) atoms. The zero-order valence-electron chi connectivity index (χ0n) is 15.1. The van der Waals surface area contributed by atoms with Crippen LogP contribution in [0.3, 0.4) is 0 Å². The number of guanidine groups is 1. The van der Waals surface area contributed by atoms with Gasteiger partial charge < -0.3 is 24.9 Å². The Hall–Kier alpha value is -1.88. The van der Waals surface area contributed by atoms with Gasteiger partial charge in [-0.1, -0.05) is 17.7 Å². The molecule has 0 amide bonds. The summed E-state index contributed by atoms with van der Waals surface area (Å²) < 4.78 is 34.8. The van der Waals surface area contributed by atoms with Gasteiger partial charge in [0.2, 0.25) is 0 Å². The van der Waals surface area contributed by atoms with Crippen LogP contribution in [-0.4, -0.2) is 30.8 Å². The zero-order chi connectivity index (χ0) is 18.9. The van der Waals surface area contributed by atoms with Crippen LogP contribution in [0.25, 0.3) is 0 Å². The molecule has 3 N–H and O–H groups in total. The molecule has 0 saturated heterocycles. The third-order valence-electron chi connectivity index (χ3n) is 3.52. The van der Waals surface area contributed by atoms with Crippen LogP contribution in [-0.2, 0) is 6.54 Å². The van der Waals surface area contributed by atoms with Gasteiger partial charge in [0.1, 0.15) is 17.6 Å². The maximum Gasteiger partial charge on any atom is 0.387 e. The van der Waals surface area contributed by atoms with E-state index in [2.05, 4.69) is 20.4 Å². The molecule has 0 fully saturated rings. The lowest BCUT2D eigenvalue weighted by Crippen LogP contribution is -2.39. The molecule has 0 aliphatic rings. The maximum absolute atomic E-state index is 12.5. The average molecular weight is 495 g/mol. The smallest absolute Gasteiger partial charge is 0.387 e. The summed E-state index contributed by atoms with van der Waals surface area (Å²) in [6.45, 7) is 1.82. The lowest BCUT2D eigenvalue weighted by atomic mass is 10.1. The summed E-state index contributed by atoms with van der Waals surface area (Å²) in [5, 5.41) is 16.1. The Balaban J connectivity index is 0.00000364. The molecule has 6 nitrogen and oxygen atoms in total. The molecule has 0 aliphatic heterocycles. The Labute approximate surface area is 174 Å². The normalized spacial score (nSPS) is 12.4. The van der Waals surface area contributed by atoms with E-state index in [1.54, 1.807) is 24.3 Å². The second-order valence-electron chi connectivity index (χ2n) is 5.60. The number of alkyl halides is 2. The van der Waals surface area contributed by atoms with E-state index in [1.165, 1.54) is 12.3 Å². The minimum atomic E-state index is -2.89. The van der Waals surface area contributed by atoms with Crippen molar-refractivity contribution in [1.29, 1.82) is 0 Å². The number of ether oxygens (including phenoxy) is 1. The lowest BCUT2D eigenvalue weighted by molar-refractivity contribution is -0.0504. The van der Waals surface area contributed by atoms with Gasteiger partial charge in [0.05, 0.1) is 19.4 Å². The van der Waals surface area contributed by atoms with E-state index in [-0.39, 0.29) is 42.8 Å². The van der Waals surface area contributed by atoms with Crippen molar-refractivity contribution in [3.8, 4) is 5.75 Å². The molecule has 0 aliphatic carbocycles. The molecule has 150 valence electrons. The van der Waals surface area contributed by atoms with Gasteiger partial charge in [-0.3, -0.25) is 0 Å². The summed E-state index contributed by atoms with van der Waals surface area (Å²) in [7, 11) is 0. The van der Waals surface area contributed by atoms with Crippen molar-refractivity contribution in [2.45, 2.75) is 33.1 Å². The maximum atomic E-state index is 12.5. The number of aliphatic hydroxyl groups is 1. The van der Waals surface area contributed by atoms with Crippen molar-refractivity contribution in [2.24, 2.45) is 4.99 Å². The zero-order valence-corrected chi connectivity index (χ0v) is 17.4. The molecule has 1 atom stereocenters. The topological polar surface area (TPSA) is 79.0 Å². The standard InChI is InChI=1S/C18H23F2N3O3.HI/c1-3-21-18(23-11-14(24)16-5-4-8-25-16)22-10-13-9-12(2)6-7-15(13)26-17(19)20;/h4-9,14,17,24H,3,10-11H2,1-2H3,(H2,21,22,23);1H. The number of aliphatic hydroxyl groups excluding tert-OH is 1. The molecule has 0 bridgehead atoms. The Morgan fingerprint density at radius 1 is 1.30 bits per heavy atom. The number of furan rings is 1. The highest BCUT2D eigenvalue weighted by Crippen LogP contribution is 2.23. The fraction of sp³-hybridized carbons (Fsp3) is 0.389. The predicted molar refractivity (Wildman–Crippen MR) is 110 cm³/mol. The minimum absolute atomic E-state index is 0. The third kappa shape index (κ3) is 7.71. The van der Waals surface area contributed by atoms with E-state index < -0.39 is 12.7 Å². The van der Waals surface area contributed by atoms with Crippen molar-refractivity contribution in [2.75, 3.05) is 13.1 Å². The van der Waals surface area contributed by atoms with Crippen LogP contribution in [0.2, 0.25) is 0 Å². The summed E-state index contributed by atoms with van der Waals surface area (Å²) >= 11 is 0. The van der Waals surface area contributed by atoms with E-state index in [0.29, 0.717) is 23.8 Å². The van der Waals surface area contributed by atoms with Crippen molar-refractivity contribution in [1.82, 2.24) is 10.6 Å². The quantitative estimate of drug-likeness (QED) is 0.297. The molecule has 0 spiro atoms.